The van der Waals surface area contributed by atoms with Gasteiger partial charge in [0.15, 0.2) is 4.60 Å². The molecular formula is C10H3BrCl2F4N2OS. The van der Waals surface area contributed by atoms with Crippen molar-refractivity contribution in [3.8, 4) is 5.69 Å². The second-order valence-corrected chi connectivity index (χ2v) is 6.60. The first-order valence-corrected chi connectivity index (χ1v) is 7.69. The summed E-state index contributed by atoms with van der Waals surface area (Å²) >= 11 is 11.2. The Morgan fingerprint density at radius 3 is 2.24 bits per heavy atom. The number of nitrogens with zero attached hydrogens (tertiary/aromatic N) is 2. The summed E-state index contributed by atoms with van der Waals surface area (Å²) in [5.41, 5.74) is -4.94. The number of imidazole rings is 1. The zero-order valence-corrected chi connectivity index (χ0v) is 13.5. The molecule has 3 nitrogen and oxygen atoms in total. The number of hydrogen-bond donors (Lipinski definition) is 0. The van der Waals surface area contributed by atoms with Crippen molar-refractivity contribution in [2.24, 2.45) is 0 Å². The molecule has 0 aliphatic heterocycles. The van der Waals surface area contributed by atoms with Gasteiger partial charge in [-0.15, -0.1) is 13.2 Å². The molecule has 0 amide bonds. The molecule has 11 heteroatoms. The summed E-state index contributed by atoms with van der Waals surface area (Å²) in [6.45, 7) is 0. The Morgan fingerprint density at radius 2 is 1.76 bits per heavy atom. The largest absolute Gasteiger partial charge is 0.603 e. The highest BCUT2D eigenvalue weighted by Crippen LogP contribution is 2.37. The van der Waals surface area contributed by atoms with Crippen LogP contribution < -0.4 is 0 Å². The zero-order chi connectivity index (χ0) is 15.9. The molecule has 0 bridgehead atoms. The van der Waals surface area contributed by atoms with E-state index in [9.17, 15) is 22.1 Å². The van der Waals surface area contributed by atoms with Crippen molar-refractivity contribution >= 4 is 50.3 Å². The van der Waals surface area contributed by atoms with Crippen molar-refractivity contribution in [2.75, 3.05) is 0 Å². The molecule has 0 saturated carbocycles. The Bertz CT molecular complexity index is 671. The van der Waals surface area contributed by atoms with Crippen LogP contribution in [-0.4, -0.2) is 19.6 Å². The van der Waals surface area contributed by atoms with Gasteiger partial charge < -0.3 is 4.55 Å². The molecule has 1 heterocycles. The lowest BCUT2D eigenvalue weighted by molar-refractivity contribution is -0.0437. The Kier molecular flexibility index (Phi) is 4.79. The molecular weight excluding hydrogens is 423 g/mol. The maximum atomic E-state index is 13.1. The van der Waals surface area contributed by atoms with Gasteiger partial charge in [-0.3, -0.25) is 4.57 Å². The molecule has 0 N–H and O–H groups in total. The highest BCUT2D eigenvalue weighted by atomic mass is 79.9. The van der Waals surface area contributed by atoms with Gasteiger partial charge in [-0.1, -0.05) is 23.2 Å². The van der Waals surface area contributed by atoms with Crippen molar-refractivity contribution < 1.29 is 22.1 Å². The van der Waals surface area contributed by atoms with E-state index in [2.05, 4.69) is 20.9 Å². The lowest BCUT2D eigenvalue weighted by atomic mass is 10.3. The van der Waals surface area contributed by atoms with Gasteiger partial charge in [-0.05, 0) is 28.1 Å². The van der Waals surface area contributed by atoms with Crippen LogP contribution in [0.2, 0.25) is 10.0 Å². The van der Waals surface area contributed by atoms with E-state index >= 15 is 0 Å². The number of hydrogen-bond acceptors (Lipinski definition) is 2. The van der Waals surface area contributed by atoms with Crippen LogP contribution in [0.1, 0.15) is 0 Å². The van der Waals surface area contributed by atoms with E-state index in [1.165, 1.54) is 0 Å². The number of alkyl halides is 3. The van der Waals surface area contributed by atoms with Crippen LogP contribution >= 0.6 is 39.1 Å². The first-order chi connectivity index (χ1) is 9.62. The van der Waals surface area contributed by atoms with Crippen molar-refractivity contribution in [3.05, 3.63) is 38.9 Å². The second kappa shape index (κ2) is 5.96. The fourth-order valence-corrected chi connectivity index (χ4v) is 3.54. The van der Waals surface area contributed by atoms with Crippen LogP contribution in [0.25, 0.3) is 5.69 Å². The van der Waals surface area contributed by atoms with Crippen LogP contribution in [0.3, 0.4) is 0 Å². The Hall–Kier alpha value is -0.480. The number of benzene rings is 1. The van der Waals surface area contributed by atoms with Gasteiger partial charge in [-0.25, -0.2) is 4.39 Å². The predicted molar refractivity (Wildman–Crippen MR) is 73.7 cm³/mol. The molecule has 1 unspecified atom stereocenters. The van der Waals surface area contributed by atoms with E-state index in [4.69, 9.17) is 23.2 Å². The maximum Gasteiger partial charge on any atom is 0.579 e. The number of rotatable bonds is 2. The Morgan fingerprint density at radius 1 is 1.24 bits per heavy atom. The summed E-state index contributed by atoms with van der Waals surface area (Å²) in [7, 11) is 0. The normalized spacial score (nSPS) is 13.5. The van der Waals surface area contributed by atoms with Crippen molar-refractivity contribution in [1.82, 2.24) is 9.55 Å². The molecule has 0 spiro atoms. The summed E-state index contributed by atoms with van der Waals surface area (Å²) in [5.74, 6) is -0.705. The van der Waals surface area contributed by atoms with E-state index in [0.717, 1.165) is 23.0 Å². The molecule has 1 aromatic carbocycles. The molecule has 1 atom stereocenters. The van der Waals surface area contributed by atoms with Crippen LogP contribution in [0, 0.1) is 5.82 Å². The van der Waals surface area contributed by atoms with E-state index in [0.29, 0.717) is 0 Å². The van der Waals surface area contributed by atoms with Crippen LogP contribution in [-0.2, 0) is 11.2 Å². The third-order valence-corrected chi connectivity index (χ3v) is 4.95. The van der Waals surface area contributed by atoms with E-state index in [-0.39, 0.29) is 20.3 Å². The van der Waals surface area contributed by atoms with E-state index < -0.39 is 27.5 Å². The highest BCUT2D eigenvalue weighted by molar-refractivity contribution is 9.10. The summed E-state index contributed by atoms with van der Waals surface area (Å²) in [5, 5.41) is -1.01. The molecule has 0 aliphatic carbocycles. The quantitative estimate of drug-likeness (QED) is 0.516. The van der Waals surface area contributed by atoms with E-state index in [1.54, 1.807) is 0 Å². The highest BCUT2D eigenvalue weighted by Gasteiger charge is 2.49. The molecule has 0 aliphatic rings. The third-order valence-electron chi connectivity index (χ3n) is 2.29. The van der Waals surface area contributed by atoms with Crippen molar-refractivity contribution in [3.63, 3.8) is 0 Å². The summed E-state index contributed by atoms with van der Waals surface area (Å²) in [6.07, 6.45) is 0.952. The second-order valence-electron chi connectivity index (χ2n) is 3.64. The van der Waals surface area contributed by atoms with Gasteiger partial charge in [0.05, 0.1) is 15.7 Å². The molecule has 21 heavy (non-hydrogen) atoms. The maximum absolute atomic E-state index is 13.1. The van der Waals surface area contributed by atoms with Crippen molar-refractivity contribution in [2.45, 2.75) is 10.5 Å². The summed E-state index contributed by atoms with van der Waals surface area (Å²) < 4.78 is 62.6. The fraction of sp³-hybridized carbons (Fsp3) is 0.100. The lowest BCUT2D eigenvalue weighted by Gasteiger charge is -2.11. The molecule has 2 rings (SSSR count). The zero-order valence-electron chi connectivity index (χ0n) is 9.59. The topological polar surface area (TPSA) is 40.9 Å². The van der Waals surface area contributed by atoms with Gasteiger partial charge in [0, 0.05) is 0 Å². The smallest absolute Gasteiger partial charge is 0.579 e. The minimum atomic E-state index is -4.96. The van der Waals surface area contributed by atoms with Crippen LogP contribution in [0.4, 0.5) is 17.6 Å². The fourth-order valence-electron chi connectivity index (χ4n) is 1.47. The van der Waals surface area contributed by atoms with Gasteiger partial charge >= 0.3 is 5.51 Å². The standard InChI is InChI=1S/C10H3BrCl2F4N2OS/c11-8-9(21(20)10(15,16)17)18-3-19(8)7-5(12)1-4(14)2-6(7)13/h1-3H. The first-order valence-electron chi connectivity index (χ1n) is 4.99. The monoisotopic (exact) mass is 424 g/mol. The number of aromatic nitrogens is 2. The minimum absolute atomic E-state index is 0.0181. The summed E-state index contributed by atoms with van der Waals surface area (Å²) in [4.78, 5) is 3.45. The molecule has 0 fully saturated rings. The van der Waals surface area contributed by atoms with E-state index in [1.807, 2.05) is 0 Å². The van der Waals surface area contributed by atoms with Gasteiger partial charge in [0.2, 0.25) is 0 Å². The molecule has 0 saturated heterocycles. The van der Waals surface area contributed by atoms with Crippen LogP contribution in [0.5, 0.6) is 0 Å². The first kappa shape index (κ1) is 16.9. The Labute approximate surface area is 137 Å². The Balaban J connectivity index is 2.56. The van der Waals surface area contributed by atoms with Gasteiger partial charge in [0.1, 0.15) is 23.3 Å². The third kappa shape index (κ3) is 3.31. The molecule has 2 aromatic rings. The average Bonchev–Trinajstić information content (AvgIpc) is 2.68. The molecule has 114 valence electrons. The van der Waals surface area contributed by atoms with Gasteiger partial charge in [-0.2, -0.15) is 4.98 Å². The SMILES string of the molecule is [O-][S+](c1ncn(-c2c(Cl)cc(F)cc2Cl)c1Br)C(F)(F)F. The average molecular weight is 426 g/mol. The predicted octanol–water partition coefficient (Wildman–Crippen LogP) is 4.71. The van der Waals surface area contributed by atoms with Crippen molar-refractivity contribution in [1.29, 1.82) is 0 Å². The lowest BCUT2D eigenvalue weighted by Crippen LogP contribution is -2.24. The van der Waals surface area contributed by atoms with Crippen LogP contribution in [0.15, 0.2) is 28.1 Å². The number of halogens is 7. The molecule has 0 radical (unpaired) electrons. The summed E-state index contributed by atoms with van der Waals surface area (Å²) in [6, 6.07) is 1.88. The molecule has 1 aromatic heterocycles. The minimum Gasteiger partial charge on any atom is -0.603 e. The van der Waals surface area contributed by atoms with Gasteiger partial charge in [0.25, 0.3) is 5.03 Å².